The molecule has 0 aromatic heterocycles. The maximum atomic E-state index is 11.0. The number of rotatable bonds is 3. The highest BCUT2D eigenvalue weighted by Crippen LogP contribution is 2.38. The molecule has 3 nitrogen and oxygen atoms in total. The Hall–Kier alpha value is -0.860. The van der Waals surface area contributed by atoms with E-state index in [-0.39, 0.29) is 11.8 Å². The standard InChI is InChI=1S/C10H16O3/c1-10(5-3-2-4-6-10)7-8(11)9(12)13/h2-7H2,1H3,(H,12,13). The maximum absolute atomic E-state index is 11.0. The van der Waals surface area contributed by atoms with Crippen molar-refractivity contribution in [3.63, 3.8) is 0 Å². The van der Waals surface area contributed by atoms with Gasteiger partial charge in [-0.05, 0) is 18.3 Å². The smallest absolute Gasteiger partial charge is 0.372 e. The third kappa shape index (κ3) is 2.83. The van der Waals surface area contributed by atoms with Crippen molar-refractivity contribution in [3.8, 4) is 0 Å². The quantitative estimate of drug-likeness (QED) is 0.682. The van der Waals surface area contributed by atoms with Crippen LogP contribution in [0.1, 0.15) is 45.4 Å². The van der Waals surface area contributed by atoms with Crippen LogP contribution in [-0.2, 0) is 9.59 Å². The van der Waals surface area contributed by atoms with Gasteiger partial charge in [-0.25, -0.2) is 4.79 Å². The van der Waals surface area contributed by atoms with Gasteiger partial charge < -0.3 is 5.11 Å². The number of hydrogen-bond donors (Lipinski definition) is 1. The average molecular weight is 184 g/mol. The molecular formula is C10H16O3. The second-order valence-electron chi connectivity index (χ2n) is 4.28. The summed E-state index contributed by atoms with van der Waals surface area (Å²) in [4.78, 5) is 21.4. The number of Topliss-reactive ketones (excluding diaryl/α,β-unsaturated/α-hetero) is 1. The number of hydrogen-bond acceptors (Lipinski definition) is 2. The Morgan fingerprint density at radius 1 is 1.23 bits per heavy atom. The highest BCUT2D eigenvalue weighted by Gasteiger charge is 2.31. The molecule has 0 aliphatic heterocycles. The summed E-state index contributed by atoms with van der Waals surface area (Å²) in [6, 6.07) is 0. The second-order valence-corrected chi connectivity index (χ2v) is 4.28. The van der Waals surface area contributed by atoms with Gasteiger partial charge in [0.05, 0.1) is 0 Å². The van der Waals surface area contributed by atoms with Crippen molar-refractivity contribution in [3.05, 3.63) is 0 Å². The van der Waals surface area contributed by atoms with Crippen molar-refractivity contribution in [2.45, 2.75) is 45.4 Å². The van der Waals surface area contributed by atoms with Gasteiger partial charge in [0.25, 0.3) is 0 Å². The van der Waals surface area contributed by atoms with E-state index in [1.54, 1.807) is 0 Å². The molecule has 3 heteroatoms. The van der Waals surface area contributed by atoms with Gasteiger partial charge in [0, 0.05) is 6.42 Å². The Kier molecular flexibility index (Phi) is 3.07. The number of ketones is 1. The van der Waals surface area contributed by atoms with Crippen LogP contribution in [0.5, 0.6) is 0 Å². The first kappa shape index (κ1) is 10.2. The lowest BCUT2D eigenvalue weighted by molar-refractivity contribution is -0.150. The molecule has 0 radical (unpaired) electrons. The van der Waals surface area contributed by atoms with Crippen molar-refractivity contribution >= 4 is 11.8 Å². The van der Waals surface area contributed by atoms with Crippen molar-refractivity contribution in [2.24, 2.45) is 5.41 Å². The number of carboxylic acid groups (broad SMARTS) is 1. The largest absolute Gasteiger partial charge is 0.476 e. The first-order valence-corrected chi connectivity index (χ1v) is 4.80. The highest BCUT2D eigenvalue weighted by atomic mass is 16.4. The summed E-state index contributed by atoms with van der Waals surface area (Å²) < 4.78 is 0. The second kappa shape index (κ2) is 3.90. The molecule has 1 fully saturated rings. The van der Waals surface area contributed by atoms with Crippen molar-refractivity contribution in [2.75, 3.05) is 0 Å². The normalized spacial score (nSPS) is 21.0. The van der Waals surface area contributed by atoms with E-state index < -0.39 is 11.8 Å². The van der Waals surface area contributed by atoms with Gasteiger partial charge in [-0.15, -0.1) is 0 Å². The molecule has 0 aromatic carbocycles. The van der Waals surface area contributed by atoms with Crippen LogP contribution < -0.4 is 0 Å². The minimum Gasteiger partial charge on any atom is -0.476 e. The predicted molar refractivity (Wildman–Crippen MR) is 48.5 cm³/mol. The number of carboxylic acids is 1. The molecule has 1 aliphatic rings. The lowest BCUT2D eigenvalue weighted by Crippen LogP contribution is -2.27. The van der Waals surface area contributed by atoms with Crippen LogP contribution in [0.15, 0.2) is 0 Å². The summed E-state index contributed by atoms with van der Waals surface area (Å²) in [5, 5.41) is 8.48. The van der Waals surface area contributed by atoms with E-state index in [1.165, 1.54) is 6.42 Å². The van der Waals surface area contributed by atoms with Gasteiger partial charge in [0.1, 0.15) is 0 Å². The predicted octanol–water partition coefficient (Wildman–Crippen LogP) is 2.00. The van der Waals surface area contributed by atoms with E-state index in [0.717, 1.165) is 25.7 Å². The molecule has 0 bridgehead atoms. The Morgan fingerprint density at radius 2 is 1.77 bits per heavy atom. The maximum Gasteiger partial charge on any atom is 0.372 e. The summed E-state index contributed by atoms with van der Waals surface area (Å²) in [6.07, 6.45) is 5.67. The van der Waals surface area contributed by atoms with Gasteiger partial charge in [-0.1, -0.05) is 26.2 Å². The van der Waals surface area contributed by atoms with Crippen molar-refractivity contribution in [1.29, 1.82) is 0 Å². The Bertz CT molecular complexity index is 214. The minimum atomic E-state index is -1.29. The summed E-state index contributed by atoms with van der Waals surface area (Å²) in [6.45, 7) is 2.02. The Morgan fingerprint density at radius 3 is 2.23 bits per heavy atom. The third-order valence-corrected chi connectivity index (χ3v) is 2.89. The molecule has 74 valence electrons. The lowest BCUT2D eigenvalue weighted by atomic mass is 9.72. The molecule has 1 N–H and O–H groups in total. The highest BCUT2D eigenvalue weighted by molar-refractivity contribution is 6.32. The van der Waals surface area contributed by atoms with Crippen LogP contribution in [0.2, 0.25) is 0 Å². The molecule has 1 rings (SSSR count). The molecule has 1 aliphatic carbocycles. The zero-order chi connectivity index (χ0) is 9.90. The molecule has 0 saturated heterocycles. The SMILES string of the molecule is CC1(CC(=O)C(=O)O)CCCCC1. The first-order chi connectivity index (χ1) is 6.03. The molecule has 1 saturated carbocycles. The van der Waals surface area contributed by atoms with Gasteiger partial charge in [-0.2, -0.15) is 0 Å². The molecule has 13 heavy (non-hydrogen) atoms. The zero-order valence-corrected chi connectivity index (χ0v) is 8.01. The summed E-state index contributed by atoms with van der Waals surface area (Å²) in [5.41, 5.74) is -0.0479. The summed E-state index contributed by atoms with van der Waals surface area (Å²) in [5.74, 6) is -1.92. The monoisotopic (exact) mass is 184 g/mol. The fourth-order valence-electron chi connectivity index (χ4n) is 2.05. The topological polar surface area (TPSA) is 54.4 Å². The molecule has 0 heterocycles. The molecule has 0 spiro atoms. The first-order valence-electron chi connectivity index (χ1n) is 4.80. The minimum absolute atomic E-state index is 0.0479. The number of carbonyl (C=O) groups is 2. The van der Waals surface area contributed by atoms with Crippen LogP contribution >= 0.6 is 0 Å². The van der Waals surface area contributed by atoms with E-state index >= 15 is 0 Å². The van der Waals surface area contributed by atoms with Crippen LogP contribution in [0, 0.1) is 5.41 Å². The Balaban J connectivity index is 2.50. The molecule has 0 unspecified atom stereocenters. The van der Waals surface area contributed by atoms with E-state index in [9.17, 15) is 9.59 Å². The zero-order valence-electron chi connectivity index (χ0n) is 8.01. The van der Waals surface area contributed by atoms with Crippen LogP contribution in [0.3, 0.4) is 0 Å². The third-order valence-electron chi connectivity index (χ3n) is 2.89. The molecule has 0 amide bonds. The van der Waals surface area contributed by atoms with Crippen molar-refractivity contribution in [1.82, 2.24) is 0 Å². The summed E-state index contributed by atoms with van der Waals surface area (Å²) in [7, 11) is 0. The fourth-order valence-corrected chi connectivity index (χ4v) is 2.05. The molecular weight excluding hydrogens is 168 g/mol. The number of carbonyl (C=O) groups excluding carboxylic acids is 1. The van der Waals surface area contributed by atoms with E-state index in [4.69, 9.17) is 5.11 Å². The van der Waals surface area contributed by atoms with Crippen LogP contribution in [0.4, 0.5) is 0 Å². The van der Waals surface area contributed by atoms with Gasteiger partial charge >= 0.3 is 5.97 Å². The average Bonchev–Trinajstić information content (AvgIpc) is 2.04. The Labute approximate surface area is 78.1 Å². The van der Waals surface area contributed by atoms with Gasteiger partial charge in [-0.3, -0.25) is 4.79 Å². The van der Waals surface area contributed by atoms with Crippen LogP contribution in [-0.4, -0.2) is 16.9 Å². The fraction of sp³-hybridized carbons (Fsp3) is 0.800. The van der Waals surface area contributed by atoms with Crippen LogP contribution in [0.25, 0.3) is 0 Å². The summed E-state index contributed by atoms with van der Waals surface area (Å²) >= 11 is 0. The lowest BCUT2D eigenvalue weighted by Gasteiger charge is -2.32. The van der Waals surface area contributed by atoms with Gasteiger partial charge in [0.2, 0.25) is 5.78 Å². The van der Waals surface area contributed by atoms with E-state index in [2.05, 4.69) is 0 Å². The molecule has 0 aromatic rings. The van der Waals surface area contributed by atoms with E-state index in [0.29, 0.717) is 0 Å². The number of aliphatic carboxylic acids is 1. The molecule has 0 atom stereocenters. The van der Waals surface area contributed by atoms with E-state index in [1.807, 2.05) is 6.92 Å². The van der Waals surface area contributed by atoms with Crippen molar-refractivity contribution < 1.29 is 14.7 Å². The van der Waals surface area contributed by atoms with Gasteiger partial charge in [0.15, 0.2) is 0 Å².